The monoisotopic (exact) mass is 530 g/mol. The van der Waals surface area contributed by atoms with E-state index in [0.717, 1.165) is 36.7 Å². The van der Waals surface area contributed by atoms with Gasteiger partial charge in [0.1, 0.15) is 17.4 Å². The average Bonchev–Trinajstić information content (AvgIpc) is 3.27. The Bertz CT molecular complexity index is 1480. The first-order valence-electron chi connectivity index (χ1n) is 12.3. The maximum atomic E-state index is 14.7. The molecule has 2 aromatic heterocycles. The third-order valence-electron chi connectivity index (χ3n) is 7.03. The lowest BCUT2D eigenvalue weighted by Gasteiger charge is -2.38. The lowest BCUT2D eigenvalue weighted by molar-refractivity contribution is -0.116. The average molecular weight is 531 g/mol. The molecule has 2 N–H and O–H groups in total. The SMILES string of the molecule is O=C(CCl)N1CC2(CCC2)c2ccc(Nc3nc(Nc4ccc(Oc5cccnc5)cc4)ncc3F)cc21. The second-order valence-corrected chi connectivity index (χ2v) is 9.70. The number of amides is 1. The minimum Gasteiger partial charge on any atom is -0.456 e. The molecule has 1 amide bonds. The third-order valence-corrected chi connectivity index (χ3v) is 7.26. The number of halogens is 2. The predicted octanol–water partition coefficient (Wildman–Crippen LogP) is 6.30. The molecular formula is C28H24ClFN6O2. The molecule has 1 fully saturated rings. The fraction of sp³-hybridized carbons (Fsp3) is 0.214. The largest absolute Gasteiger partial charge is 0.456 e. The summed E-state index contributed by atoms with van der Waals surface area (Å²) in [5.41, 5.74) is 3.30. The van der Waals surface area contributed by atoms with Crippen molar-refractivity contribution in [3.63, 3.8) is 0 Å². The first-order chi connectivity index (χ1) is 18.5. The standard InChI is InChI=1S/C28H24ClFN6O2/c29-14-25(37)36-17-28(10-2-11-28)22-9-6-19(13-24(22)36)33-26-23(30)16-32-27(35-26)34-18-4-7-20(8-5-18)38-21-3-1-12-31-15-21/h1,3-9,12-13,15-16H,2,10-11,14,17H2,(H2,32,33,34,35). The van der Waals surface area contributed by atoms with Crippen molar-refractivity contribution in [2.45, 2.75) is 24.7 Å². The van der Waals surface area contributed by atoms with Gasteiger partial charge in [-0.15, -0.1) is 11.6 Å². The molecule has 38 heavy (non-hydrogen) atoms. The van der Waals surface area contributed by atoms with Crippen LogP contribution >= 0.6 is 11.6 Å². The van der Waals surface area contributed by atoms with E-state index in [1.54, 1.807) is 35.5 Å². The summed E-state index contributed by atoms with van der Waals surface area (Å²) in [6.45, 7) is 0.638. The molecule has 6 rings (SSSR count). The van der Waals surface area contributed by atoms with Crippen LogP contribution in [0.3, 0.4) is 0 Å². The van der Waals surface area contributed by atoms with Crippen LogP contribution in [-0.4, -0.2) is 33.3 Å². The fourth-order valence-corrected chi connectivity index (χ4v) is 5.15. The second-order valence-electron chi connectivity index (χ2n) is 9.43. The number of nitrogens with zero attached hydrogens (tertiary/aromatic N) is 4. The molecule has 0 bridgehead atoms. The number of fused-ring (bicyclic) bond motifs is 2. The Morgan fingerprint density at radius 2 is 1.87 bits per heavy atom. The van der Waals surface area contributed by atoms with Gasteiger partial charge in [-0.25, -0.2) is 9.37 Å². The van der Waals surface area contributed by atoms with E-state index in [9.17, 15) is 9.18 Å². The first-order valence-corrected chi connectivity index (χ1v) is 12.8. The van der Waals surface area contributed by atoms with Gasteiger partial charge in [-0.1, -0.05) is 12.5 Å². The Hall–Kier alpha value is -4.24. The van der Waals surface area contributed by atoms with Crippen LogP contribution in [0.25, 0.3) is 0 Å². The smallest absolute Gasteiger partial charge is 0.241 e. The summed E-state index contributed by atoms with van der Waals surface area (Å²) < 4.78 is 20.4. The molecule has 0 radical (unpaired) electrons. The number of hydrogen-bond donors (Lipinski definition) is 2. The lowest BCUT2D eigenvalue weighted by atomic mass is 9.66. The van der Waals surface area contributed by atoms with E-state index in [-0.39, 0.29) is 29.0 Å². The number of anilines is 5. The number of ether oxygens (including phenoxy) is 1. The van der Waals surface area contributed by atoms with Crippen LogP contribution in [0.5, 0.6) is 11.5 Å². The zero-order chi connectivity index (χ0) is 26.1. The zero-order valence-electron chi connectivity index (χ0n) is 20.3. The highest BCUT2D eigenvalue weighted by molar-refractivity contribution is 6.29. The molecule has 0 saturated heterocycles. The number of rotatable bonds is 7. The number of nitrogens with one attached hydrogen (secondary N) is 2. The summed E-state index contributed by atoms with van der Waals surface area (Å²) >= 11 is 5.88. The van der Waals surface area contributed by atoms with E-state index < -0.39 is 5.82 Å². The van der Waals surface area contributed by atoms with Gasteiger partial charge in [0.2, 0.25) is 11.9 Å². The summed E-state index contributed by atoms with van der Waals surface area (Å²) in [6.07, 6.45) is 7.66. The lowest BCUT2D eigenvalue weighted by Crippen LogP contribution is -2.41. The highest BCUT2D eigenvalue weighted by Crippen LogP contribution is 2.53. The van der Waals surface area contributed by atoms with Crippen molar-refractivity contribution in [3.8, 4) is 11.5 Å². The molecular weight excluding hydrogens is 507 g/mol. The van der Waals surface area contributed by atoms with Gasteiger partial charge >= 0.3 is 0 Å². The molecule has 8 nitrogen and oxygen atoms in total. The third kappa shape index (κ3) is 4.61. The quantitative estimate of drug-likeness (QED) is 0.271. The topological polar surface area (TPSA) is 92.3 Å². The van der Waals surface area contributed by atoms with Crippen LogP contribution in [0, 0.1) is 5.82 Å². The van der Waals surface area contributed by atoms with Crippen LogP contribution in [-0.2, 0) is 10.2 Å². The number of aromatic nitrogens is 3. The van der Waals surface area contributed by atoms with Crippen molar-refractivity contribution in [1.82, 2.24) is 15.0 Å². The number of pyridine rings is 1. The Morgan fingerprint density at radius 3 is 2.58 bits per heavy atom. The molecule has 1 aliphatic heterocycles. The van der Waals surface area contributed by atoms with Crippen molar-refractivity contribution in [3.05, 3.63) is 84.6 Å². The van der Waals surface area contributed by atoms with E-state index in [1.807, 2.05) is 36.4 Å². The van der Waals surface area contributed by atoms with Gasteiger partial charge in [-0.05, 0) is 66.9 Å². The number of benzene rings is 2. The summed E-state index contributed by atoms with van der Waals surface area (Å²) in [6, 6.07) is 16.6. The molecule has 3 heterocycles. The van der Waals surface area contributed by atoms with E-state index in [2.05, 4.69) is 25.6 Å². The van der Waals surface area contributed by atoms with E-state index in [0.29, 0.717) is 29.4 Å². The van der Waals surface area contributed by atoms with Gasteiger partial charge in [-0.3, -0.25) is 9.78 Å². The summed E-state index contributed by atoms with van der Waals surface area (Å²) in [5.74, 6) is 0.710. The highest BCUT2D eigenvalue weighted by Gasteiger charge is 2.48. The zero-order valence-corrected chi connectivity index (χ0v) is 21.1. The fourth-order valence-electron chi connectivity index (χ4n) is 5.01. The van der Waals surface area contributed by atoms with E-state index >= 15 is 0 Å². The van der Waals surface area contributed by atoms with Crippen LogP contribution < -0.4 is 20.3 Å². The van der Waals surface area contributed by atoms with Gasteiger partial charge < -0.3 is 20.3 Å². The first kappa shape index (κ1) is 24.1. The molecule has 0 atom stereocenters. The molecule has 4 aromatic rings. The molecule has 192 valence electrons. The second kappa shape index (κ2) is 9.90. The maximum absolute atomic E-state index is 14.7. The van der Waals surface area contributed by atoms with Crippen LogP contribution in [0.1, 0.15) is 24.8 Å². The van der Waals surface area contributed by atoms with Crippen molar-refractivity contribution < 1.29 is 13.9 Å². The summed E-state index contributed by atoms with van der Waals surface area (Å²) in [7, 11) is 0. The van der Waals surface area contributed by atoms with E-state index in [4.69, 9.17) is 16.3 Å². The summed E-state index contributed by atoms with van der Waals surface area (Å²) in [5, 5.41) is 6.12. The number of alkyl halides is 1. The molecule has 1 saturated carbocycles. The maximum Gasteiger partial charge on any atom is 0.241 e. The van der Waals surface area contributed by atoms with Crippen molar-refractivity contribution in [2.75, 3.05) is 28.0 Å². The van der Waals surface area contributed by atoms with Crippen molar-refractivity contribution >= 4 is 46.3 Å². The van der Waals surface area contributed by atoms with Gasteiger partial charge in [0.25, 0.3) is 0 Å². The molecule has 2 aromatic carbocycles. The van der Waals surface area contributed by atoms with Gasteiger partial charge in [0, 0.05) is 35.2 Å². The van der Waals surface area contributed by atoms with Crippen molar-refractivity contribution in [2.24, 2.45) is 0 Å². The minimum absolute atomic E-state index is 0.00537. The van der Waals surface area contributed by atoms with Crippen LogP contribution in [0.4, 0.5) is 33.2 Å². The molecule has 1 spiro atoms. The summed E-state index contributed by atoms with van der Waals surface area (Å²) in [4.78, 5) is 26.7. The Kier molecular flexibility index (Phi) is 6.29. The van der Waals surface area contributed by atoms with Gasteiger partial charge in [-0.2, -0.15) is 4.98 Å². The molecule has 0 unspecified atom stereocenters. The Morgan fingerprint density at radius 1 is 1.05 bits per heavy atom. The Labute approximate surface area is 223 Å². The molecule has 1 aliphatic carbocycles. The van der Waals surface area contributed by atoms with Gasteiger partial charge in [0.15, 0.2) is 11.6 Å². The predicted molar refractivity (Wildman–Crippen MR) is 144 cm³/mol. The van der Waals surface area contributed by atoms with Gasteiger partial charge in [0.05, 0.1) is 12.4 Å². The Balaban J connectivity index is 1.19. The normalized spacial score (nSPS) is 15.1. The highest BCUT2D eigenvalue weighted by atomic mass is 35.5. The van der Waals surface area contributed by atoms with Crippen LogP contribution in [0.15, 0.2) is 73.2 Å². The number of carbonyl (C=O) groups excluding carboxylic acids is 1. The van der Waals surface area contributed by atoms with Crippen molar-refractivity contribution in [1.29, 1.82) is 0 Å². The molecule has 10 heteroatoms. The van der Waals surface area contributed by atoms with Crippen LogP contribution in [0.2, 0.25) is 0 Å². The van der Waals surface area contributed by atoms with E-state index in [1.165, 1.54) is 0 Å². The number of carbonyl (C=O) groups is 1. The minimum atomic E-state index is -0.597. The number of hydrogen-bond acceptors (Lipinski definition) is 7. The molecule has 2 aliphatic rings.